The minimum absolute atomic E-state index is 0.0682. The number of benzene rings is 1. The zero-order valence-electron chi connectivity index (χ0n) is 16.8. The van der Waals surface area contributed by atoms with Gasteiger partial charge in [0.15, 0.2) is 0 Å². The molecular formula is C23H28N2O4. The Morgan fingerprint density at radius 3 is 2.76 bits per heavy atom. The molecule has 6 heteroatoms. The van der Waals surface area contributed by atoms with Crippen molar-refractivity contribution >= 4 is 11.8 Å². The summed E-state index contributed by atoms with van der Waals surface area (Å²) in [6.45, 7) is 1.14. The second-order valence-electron chi connectivity index (χ2n) is 8.69. The number of rotatable bonds is 6. The fourth-order valence-corrected chi connectivity index (χ4v) is 5.59. The quantitative estimate of drug-likeness (QED) is 0.748. The summed E-state index contributed by atoms with van der Waals surface area (Å²) in [5, 5.41) is 3.05. The molecular weight excluding hydrogens is 368 g/mol. The maximum atomic E-state index is 13.2. The number of nitrogens with one attached hydrogen (secondary N) is 1. The molecule has 0 unspecified atom stereocenters. The highest BCUT2D eigenvalue weighted by Crippen LogP contribution is 2.52. The number of methoxy groups -OCH3 is 1. The minimum atomic E-state index is -0.595. The average molecular weight is 396 g/mol. The first-order valence-electron chi connectivity index (χ1n) is 10.7. The van der Waals surface area contributed by atoms with Gasteiger partial charge in [0.1, 0.15) is 11.4 Å². The monoisotopic (exact) mass is 396 g/mol. The Morgan fingerprint density at radius 1 is 1.28 bits per heavy atom. The lowest BCUT2D eigenvalue weighted by Gasteiger charge is -2.27. The molecule has 3 heterocycles. The fraction of sp³-hybridized carbons (Fsp3) is 0.565. The van der Waals surface area contributed by atoms with Gasteiger partial charge in [-0.1, -0.05) is 37.1 Å². The fourth-order valence-electron chi connectivity index (χ4n) is 5.59. The zero-order valence-corrected chi connectivity index (χ0v) is 16.8. The topological polar surface area (TPSA) is 67.9 Å². The summed E-state index contributed by atoms with van der Waals surface area (Å²) in [4.78, 5) is 28.3. The molecule has 3 fully saturated rings. The van der Waals surface area contributed by atoms with Gasteiger partial charge in [0, 0.05) is 12.6 Å². The van der Waals surface area contributed by atoms with Gasteiger partial charge in [-0.25, -0.2) is 0 Å². The van der Waals surface area contributed by atoms with Crippen molar-refractivity contribution in [2.24, 2.45) is 11.8 Å². The Labute approximate surface area is 171 Å². The molecule has 4 atom stereocenters. The van der Waals surface area contributed by atoms with Crippen LogP contribution in [0.2, 0.25) is 0 Å². The van der Waals surface area contributed by atoms with Crippen LogP contribution < -0.4 is 10.1 Å². The van der Waals surface area contributed by atoms with Crippen LogP contribution in [0.4, 0.5) is 0 Å². The molecule has 154 valence electrons. The molecule has 4 aliphatic rings. The van der Waals surface area contributed by atoms with Crippen LogP contribution in [0, 0.1) is 11.8 Å². The predicted octanol–water partition coefficient (Wildman–Crippen LogP) is 2.08. The lowest BCUT2D eigenvalue weighted by Crippen LogP contribution is -2.45. The van der Waals surface area contributed by atoms with E-state index in [1.54, 1.807) is 7.11 Å². The molecule has 2 saturated heterocycles. The standard InChI is InChI=1S/C23H28N2O4/c1-28-17-8-6-15(7-9-17)11-13-24-21(26)19-18-10-12-23(29-18)14-25(22(27)20(19)23)16-4-2-3-5-16/h6-10,12,16,18-20H,2-5,11,13-14H2,1H3,(H,24,26)/t18-,19+,20-,23+/m0/s1. The second-order valence-corrected chi connectivity index (χ2v) is 8.69. The molecule has 1 aromatic rings. The van der Waals surface area contributed by atoms with Gasteiger partial charge in [-0.15, -0.1) is 0 Å². The molecule has 29 heavy (non-hydrogen) atoms. The highest BCUT2D eigenvalue weighted by Gasteiger charge is 2.67. The van der Waals surface area contributed by atoms with Crippen molar-refractivity contribution < 1.29 is 19.1 Å². The predicted molar refractivity (Wildman–Crippen MR) is 107 cm³/mol. The molecule has 6 nitrogen and oxygen atoms in total. The molecule has 1 N–H and O–H groups in total. The first kappa shape index (κ1) is 18.7. The van der Waals surface area contributed by atoms with E-state index in [0.29, 0.717) is 19.1 Å². The third kappa shape index (κ3) is 3.05. The van der Waals surface area contributed by atoms with Crippen molar-refractivity contribution in [3.05, 3.63) is 42.0 Å². The Balaban J connectivity index is 1.24. The number of ether oxygens (including phenoxy) is 2. The summed E-state index contributed by atoms with van der Waals surface area (Å²) >= 11 is 0. The number of amides is 2. The lowest BCUT2D eigenvalue weighted by atomic mass is 9.77. The van der Waals surface area contributed by atoms with E-state index in [4.69, 9.17) is 9.47 Å². The molecule has 3 aliphatic heterocycles. The van der Waals surface area contributed by atoms with Crippen molar-refractivity contribution in [2.45, 2.75) is 49.9 Å². The Bertz CT molecular complexity index is 830. The van der Waals surface area contributed by atoms with Crippen LogP contribution in [0.25, 0.3) is 0 Å². The third-order valence-corrected chi connectivity index (χ3v) is 7.07. The number of fused-ring (bicyclic) bond motifs is 1. The van der Waals surface area contributed by atoms with Crippen molar-refractivity contribution in [2.75, 3.05) is 20.2 Å². The van der Waals surface area contributed by atoms with Gasteiger partial charge in [-0.3, -0.25) is 9.59 Å². The highest BCUT2D eigenvalue weighted by molar-refractivity contribution is 5.93. The van der Waals surface area contributed by atoms with Gasteiger partial charge in [0.2, 0.25) is 11.8 Å². The van der Waals surface area contributed by atoms with E-state index in [9.17, 15) is 9.59 Å². The summed E-state index contributed by atoms with van der Waals surface area (Å²) in [5.74, 6) is 0.0647. The Hall–Kier alpha value is -2.34. The van der Waals surface area contributed by atoms with Crippen LogP contribution >= 0.6 is 0 Å². The van der Waals surface area contributed by atoms with Gasteiger partial charge in [-0.05, 0) is 37.0 Å². The molecule has 2 bridgehead atoms. The van der Waals surface area contributed by atoms with Crippen molar-refractivity contribution in [3.63, 3.8) is 0 Å². The minimum Gasteiger partial charge on any atom is -0.497 e. The van der Waals surface area contributed by atoms with Crippen LogP contribution in [-0.2, 0) is 20.7 Å². The van der Waals surface area contributed by atoms with E-state index in [1.165, 1.54) is 12.8 Å². The van der Waals surface area contributed by atoms with Crippen LogP contribution in [0.3, 0.4) is 0 Å². The normalized spacial score (nSPS) is 32.8. The molecule has 1 saturated carbocycles. The van der Waals surface area contributed by atoms with Crippen LogP contribution in [0.15, 0.2) is 36.4 Å². The van der Waals surface area contributed by atoms with Gasteiger partial charge >= 0.3 is 0 Å². The number of likely N-dealkylation sites (tertiary alicyclic amines) is 1. The van der Waals surface area contributed by atoms with E-state index in [1.807, 2.05) is 41.3 Å². The summed E-state index contributed by atoms with van der Waals surface area (Å²) in [6.07, 6.45) is 8.98. The number of carbonyl (C=O) groups excluding carboxylic acids is 2. The van der Waals surface area contributed by atoms with Gasteiger partial charge in [0.25, 0.3) is 0 Å². The maximum Gasteiger partial charge on any atom is 0.230 e. The molecule has 0 aromatic heterocycles. The first-order valence-corrected chi connectivity index (χ1v) is 10.7. The SMILES string of the molecule is COc1ccc(CCNC(=O)[C@@H]2[C@@H]3C=C[C@]4(CN(C5CCCC5)C(=O)[C@H]24)O3)cc1. The number of nitrogens with zero attached hydrogens (tertiary/aromatic N) is 1. The van der Waals surface area contributed by atoms with E-state index in [2.05, 4.69) is 5.32 Å². The average Bonchev–Trinajstić information content (AvgIpc) is 3.50. The molecule has 1 spiro atoms. The highest BCUT2D eigenvalue weighted by atomic mass is 16.5. The zero-order chi connectivity index (χ0) is 20.0. The van der Waals surface area contributed by atoms with Crippen LogP contribution in [0.1, 0.15) is 31.2 Å². The molecule has 1 aromatic carbocycles. The smallest absolute Gasteiger partial charge is 0.230 e. The number of hydrogen-bond donors (Lipinski definition) is 1. The van der Waals surface area contributed by atoms with Crippen molar-refractivity contribution in [3.8, 4) is 5.75 Å². The Kier molecular flexibility index (Phi) is 4.62. The van der Waals surface area contributed by atoms with E-state index in [0.717, 1.165) is 30.6 Å². The second kappa shape index (κ2) is 7.17. The maximum absolute atomic E-state index is 13.2. The summed E-state index contributed by atoms with van der Waals surface area (Å²) in [5.41, 5.74) is 0.540. The molecule has 2 amide bonds. The van der Waals surface area contributed by atoms with Crippen LogP contribution in [0.5, 0.6) is 5.75 Å². The molecule has 5 rings (SSSR count). The van der Waals surface area contributed by atoms with E-state index in [-0.39, 0.29) is 23.8 Å². The number of carbonyl (C=O) groups is 2. The van der Waals surface area contributed by atoms with E-state index >= 15 is 0 Å². The Morgan fingerprint density at radius 2 is 2.03 bits per heavy atom. The summed E-state index contributed by atoms with van der Waals surface area (Å²) in [7, 11) is 1.64. The summed E-state index contributed by atoms with van der Waals surface area (Å²) < 4.78 is 11.4. The first-order chi connectivity index (χ1) is 14.1. The number of hydrogen-bond acceptors (Lipinski definition) is 4. The largest absolute Gasteiger partial charge is 0.497 e. The summed E-state index contributed by atoms with van der Waals surface area (Å²) in [6, 6.07) is 8.17. The molecule has 0 radical (unpaired) electrons. The van der Waals surface area contributed by atoms with Gasteiger partial charge in [-0.2, -0.15) is 0 Å². The van der Waals surface area contributed by atoms with Gasteiger partial charge in [0.05, 0.1) is 31.6 Å². The molecule has 1 aliphatic carbocycles. The van der Waals surface area contributed by atoms with E-state index < -0.39 is 11.5 Å². The lowest BCUT2D eigenvalue weighted by molar-refractivity contribution is -0.138. The van der Waals surface area contributed by atoms with Crippen molar-refractivity contribution in [1.82, 2.24) is 10.2 Å². The van der Waals surface area contributed by atoms with Gasteiger partial charge < -0.3 is 19.7 Å². The third-order valence-electron chi connectivity index (χ3n) is 7.07. The van der Waals surface area contributed by atoms with Crippen LogP contribution in [-0.4, -0.2) is 54.7 Å². The van der Waals surface area contributed by atoms with Crippen molar-refractivity contribution in [1.29, 1.82) is 0 Å².